The number of aliphatic hydroxyl groups is 1. The molecule has 14 heavy (non-hydrogen) atoms. The van der Waals surface area contributed by atoms with Crippen LogP contribution in [-0.4, -0.2) is 11.1 Å². The Hall–Kier alpha value is -0.440. The summed E-state index contributed by atoms with van der Waals surface area (Å²) < 4.78 is 0. The molecule has 0 amide bonds. The van der Waals surface area contributed by atoms with Crippen molar-refractivity contribution in [1.82, 2.24) is 0 Å². The molecule has 0 saturated carbocycles. The zero-order chi connectivity index (χ0) is 10.3. The molecule has 1 aromatic carbocycles. The average Bonchev–Trinajstić information content (AvgIpc) is 2.12. The monoisotopic (exact) mass is 231 g/mol. The van der Waals surface area contributed by atoms with E-state index in [1.165, 1.54) is 0 Å². The molecule has 1 aromatic rings. The van der Waals surface area contributed by atoms with Gasteiger partial charge in [-0.2, -0.15) is 0 Å². The summed E-state index contributed by atoms with van der Waals surface area (Å²) in [5.41, 5.74) is 1.60. The van der Waals surface area contributed by atoms with Crippen molar-refractivity contribution in [3.8, 4) is 0 Å². The van der Waals surface area contributed by atoms with E-state index in [0.29, 0.717) is 16.5 Å². The van der Waals surface area contributed by atoms with Gasteiger partial charge in [0.15, 0.2) is 0 Å². The summed E-state index contributed by atoms with van der Waals surface area (Å²) in [6.07, 6.45) is 0.251. The van der Waals surface area contributed by atoms with Crippen molar-refractivity contribution in [3.63, 3.8) is 0 Å². The van der Waals surface area contributed by atoms with Crippen LogP contribution in [0.15, 0.2) is 12.1 Å². The summed E-state index contributed by atoms with van der Waals surface area (Å²) in [5, 5.41) is 14.0. The fourth-order valence-electron chi connectivity index (χ4n) is 1.76. The Morgan fingerprint density at radius 3 is 2.86 bits per heavy atom. The fraction of sp³-hybridized carbons (Fsp3) is 0.400. The third-order valence-electron chi connectivity index (χ3n) is 2.45. The van der Waals surface area contributed by atoms with Crippen molar-refractivity contribution in [1.29, 1.82) is 0 Å². The highest BCUT2D eigenvalue weighted by atomic mass is 35.5. The van der Waals surface area contributed by atoms with Gasteiger partial charge in [0.25, 0.3) is 0 Å². The summed E-state index contributed by atoms with van der Waals surface area (Å²) in [7, 11) is 0. The molecular formula is C10H11Cl2NO. The van der Waals surface area contributed by atoms with Gasteiger partial charge in [0.2, 0.25) is 0 Å². The molecule has 76 valence electrons. The van der Waals surface area contributed by atoms with Gasteiger partial charge in [0.05, 0.1) is 21.8 Å². The van der Waals surface area contributed by atoms with Crippen LogP contribution in [0.2, 0.25) is 10.0 Å². The van der Waals surface area contributed by atoms with Crippen molar-refractivity contribution in [2.24, 2.45) is 0 Å². The number of aliphatic hydroxyl groups excluding tert-OH is 1. The molecule has 0 bridgehead atoms. The highest BCUT2D eigenvalue weighted by Gasteiger charge is 2.24. The van der Waals surface area contributed by atoms with Gasteiger partial charge in [0.1, 0.15) is 0 Å². The second-order valence-electron chi connectivity index (χ2n) is 3.62. The van der Waals surface area contributed by atoms with E-state index in [1.807, 2.05) is 13.0 Å². The quantitative estimate of drug-likeness (QED) is 0.719. The number of rotatable bonds is 0. The van der Waals surface area contributed by atoms with Crippen LogP contribution in [0.5, 0.6) is 0 Å². The third kappa shape index (κ3) is 1.58. The van der Waals surface area contributed by atoms with Gasteiger partial charge in [-0.25, -0.2) is 0 Å². The maximum absolute atomic E-state index is 9.81. The number of anilines is 1. The predicted octanol–water partition coefficient (Wildman–Crippen LogP) is 3.23. The third-order valence-corrected chi connectivity index (χ3v) is 3.26. The highest BCUT2D eigenvalue weighted by molar-refractivity contribution is 6.43. The SMILES string of the molecule is CC1CC(O)c2ccc(Cl)c(Cl)c2N1. The number of fused-ring (bicyclic) bond motifs is 1. The molecule has 0 fully saturated rings. The highest BCUT2D eigenvalue weighted by Crippen LogP contribution is 2.40. The average molecular weight is 232 g/mol. The van der Waals surface area contributed by atoms with Gasteiger partial charge < -0.3 is 10.4 Å². The number of hydrogen-bond acceptors (Lipinski definition) is 2. The smallest absolute Gasteiger partial charge is 0.0829 e. The maximum Gasteiger partial charge on any atom is 0.0829 e. The first-order valence-electron chi connectivity index (χ1n) is 4.52. The van der Waals surface area contributed by atoms with Gasteiger partial charge >= 0.3 is 0 Å². The van der Waals surface area contributed by atoms with Crippen LogP contribution in [0.25, 0.3) is 0 Å². The second kappa shape index (κ2) is 3.61. The predicted molar refractivity (Wildman–Crippen MR) is 59.1 cm³/mol. The molecule has 0 aliphatic carbocycles. The molecule has 2 atom stereocenters. The van der Waals surface area contributed by atoms with Gasteiger partial charge in [-0.15, -0.1) is 0 Å². The Balaban J connectivity index is 2.54. The zero-order valence-electron chi connectivity index (χ0n) is 7.72. The molecule has 1 heterocycles. The molecule has 2 nitrogen and oxygen atoms in total. The zero-order valence-corrected chi connectivity index (χ0v) is 9.23. The molecule has 1 aliphatic heterocycles. The lowest BCUT2D eigenvalue weighted by Gasteiger charge is -2.29. The summed E-state index contributed by atoms with van der Waals surface area (Å²) >= 11 is 11.9. The first-order chi connectivity index (χ1) is 6.59. The lowest BCUT2D eigenvalue weighted by molar-refractivity contribution is 0.158. The number of benzene rings is 1. The van der Waals surface area contributed by atoms with Crippen molar-refractivity contribution < 1.29 is 5.11 Å². The standard InChI is InChI=1S/C10H11Cl2NO/c1-5-4-8(14)6-2-3-7(11)9(12)10(6)13-5/h2-3,5,8,13-14H,4H2,1H3. The molecule has 0 radical (unpaired) electrons. The molecular weight excluding hydrogens is 221 g/mol. The molecule has 2 N–H and O–H groups in total. The Morgan fingerprint density at radius 2 is 2.14 bits per heavy atom. The van der Waals surface area contributed by atoms with Crippen LogP contribution in [0.3, 0.4) is 0 Å². The Bertz CT molecular complexity index is 367. The molecule has 2 rings (SSSR count). The number of hydrogen-bond donors (Lipinski definition) is 2. The fourth-order valence-corrected chi connectivity index (χ4v) is 2.14. The van der Waals surface area contributed by atoms with E-state index >= 15 is 0 Å². The van der Waals surface area contributed by atoms with E-state index < -0.39 is 6.10 Å². The topological polar surface area (TPSA) is 32.3 Å². The van der Waals surface area contributed by atoms with Gasteiger partial charge in [-0.1, -0.05) is 29.3 Å². The van der Waals surface area contributed by atoms with Crippen molar-refractivity contribution >= 4 is 28.9 Å². The first-order valence-corrected chi connectivity index (χ1v) is 5.27. The van der Waals surface area contributed by atoms with Crippen LogP contribution in [0.1, 0.15) is 25.0 Å². The Kier molecular flexibility index (Phi) is 2.60. The molecule has 0 aromatic heterocycles. The lowest BCUT2D eigenvalue weighted by atomic mass is 9.96. The molecule has 0 spiro atoms. The number of halogens is 2. The van der Waals surface area contributed by atoms with E-state index in [0.717, 1.165) is 11.3 Å². The Labute approximate surface area is 92.8 Å². The van der Waals surface area contributed by atoms with E-state index in [2.05, 4.69) is 5.32 Å². The number of nitrogens with one attached hydrogen (secondary N) is 1. The van der Waals surface area contributed by atoms with Crippen LogP contribution in [-0.2, 0) is 0 Å². The minimum Gasteiger partial charge on any atom is -0.388 e. The van der Waals surface area contributed by atoms with E-state index in [4.69, 9.17) is 23.2 Å². The van der Waals surface area contributed by atoms with E-state index in [1.54, 1.807) is 6.07 Å². The normalized spacial score (nSPS) is 25.4. The summed E-state index contributed by atoms with van der Waals surface area (Å²) in [4.78, 5) is 0. The van der Waals surface area contributed by atoms with Crippen molar-refractivity contribution in [2.75, 3.05) is 5.32 Å². The van der Waals surface area contributed by atoms with Crippen LogP contribution >= 0.6 is 23.2 Å². The minimum absolute atomic E-state index is 0.216. The van der Waals surface area contributed by atoms with Crippen LogP contribution in [0.4, 0.5) is 5.69 Å². The first kappa shape index (κ1) is 10.1. The second-order valence-corrected chi connectivity index (χ2v) is 4.41. The van der Waals surface area contributed by atoms with Gasteiger partial charge in [-0.05, 0) is 19.4 Å². The molecule has 0 saturated heterocycles. The molecule has 4 heteroatoms. The molecule has 1 aliphatic rings. The summed E-state index contributed by atoms with van der Waals surface area (Å²) in [5.74, 6) is 0. The Morgan fingerprint density at radius 1 is 1.43 bits per heavy atom. The maximum atomic E-state index is 9.81. The van der Waals surface area contributed by atoms with Crippen molar-refractivity contribution in [3.05, 3.63) is 27.7 Å². The molecule has 2 unspecified atom stereocenters. The summed E-state index contributed by atoms with van der Waals surface area (Å²) in [6, 6.07) is 3.74. The largest absolute Gasteiger partial charge is 0.388 e. The van der Waals surface area contributed by atoms with Crippen LogP contribution < -0.4 is 5.32 Å². The van der Waals surface area contributed by atoms with Gasteiger partial charge in [-0.3, -0.25) is 0 Å². The minimum atomic E-state index is -0.448. The summed E-state index contributed by atoms with van der Waals surface area (Å²) in [6.45, 7) is 2.00. The van der Waals surface area contributed by atoms with Gasteiger partial charge in [0, 0.05) is 11.6 Å². The van der Waals surface area contributed by atoms with E-state index in [9.17, 15) is 5.11 Å². The lowest BCUT2D eigenvalue weighted by Crippen LogP contribution is -2.25. The van der Waals surface area contributed by atoms with Crippen LogP contribution in [0, 0.1) is 0 Å². The van der Waals surface area contributed by atoms with E-state index in [-0.39, 0.29) is 6.04 Å². The van der Waals surface area contributed by atoms with Crippen molar-refractivity contribution in [2.45, 2.75) is 25.5 Å².